The van der Waals surface area contributed by atoms with Crippen LogP contribution in [0.1, 0.15) is 12.5 Å². The van der Waals surface area contributed by atoms with E-state index < -0.39 is 17.4 Å². The van der Waals surface area contributed by atoms with E-state index in [1.54, 1.807) is 0 Å². The van der Waals surface area contributed by atoms with Crippen LogP contribution < -0.4 is 10.6 Å². The van der Waals surface area contributed by atoms with Gasteiger partial charge in [0.2, 0.25) is 0 Å². The van der Waals surface area contributed by atoms with Crippen LogP contribution in [0.4, 0.5) is 4.39 Å². The molecule has 1 aromatic rings. The van der Waals surface area contributed by atoms with Crippen LogP contribution in [0, 0.1) is 5.82 Å². The van der Waals surface area contributed by atoms with Crippen molar-refractivity contribution in [1.29, 1.82) is 0 Å². The lowest BCUT2D eigenvalue weighted by Gasteiger charge is -2.22. The van der Waals surface area contributed by atoms with Gasteiger partial charge in [-0.1, -0.05) is 12.1 Å². The van der Waals surface area contributed by atoms with Crippen LogP contribution in [0.15, 0.2) is 24.3 Å². The Kier molecular flexibility index (Phi) is 6.26. The first-order valence-electron chi connectivity index (χ1n) is 6.36. The molecule has 2 amide bonds. The predicted molar refractivity (Wildman–Crippen MR) is 73.8 cm³/mol. The molecule has 0 radical (unpaired) electrons. The number of aliphatic hydroxyl groups is 1. The highest BCUT2D eigenvalue weighted by Crippen LogP contribution is 2.02. The number of rotatable bonds is 6. The summed E-state index contributed by atoms with van der Waals surface area (Å²) in [5.74, 6) is -2.05. The molecular weight excluding hydrogens is 279 g/mol. The van der Waals surface area contributed by atoms with E-state index >= 15 is 0 Å². The van der Waals surface area contributed by atoms with Crippen LogP contribution in [0.25, 0.3) is 0 Å². The zero-order valence-corrected chi connectivity index (χ0v) is 12.0. The molecule has 0 spiro atoms. The van der Waals surface area contributed by atoms with Crippen molar-refractivity contribution in [1.82, 2.24) is 10.6 Å². The van der Waals surface area contributed by atoms with Crippen LogP contribution in [-0.4, -0.2) is 42.8 Å². The zero-order chi connectivity index (χ0) is 15.9. The van der Waals surface area contributed by atoms with Gasteiger partial charge in [0.25, 0.3) is 0 Å². The van der Waals surface area contributed by atoms with E-state index in [0.29, 0.717) is 5.56 Å². The summed E-state index contributed by atoms with van der Waals surface area (Å²) in [6.07, 6.45) is 0. The molecule has 1 atom stereocenters. The number of halogens is 1. The van der Waals surface area contributed by atoms with E-state index in [1.807, 2.05) is 0 Å². The van der Waals surface area contributed by atoms with Crippen LogP contribution in [0.5, 0.6) is 0 Å². The van der Waals surface area contributed by atoms with Crippen molar-refractivity contribution in [3.8, 4) is 0 Å². The number of carbonyl (C=O) groups excluding carboxylic acids is 2. The molecule has 0 bridgehead atoms. The molecule has 21 heavy (non-hydrogen) atoms. The molecule has 7 heteroatoms. The fourth-order valence-electron chi connectivity index (χ4n) is 1.58. The minimum Gasteiger partial charge on any atom is -0.386 e. The maximum Gasteiger partial charge on any atom is 0.309 e. The summed E-state index contributed by atoms with van der Waals surface area (Å²) in [5.41, 5.74) is -0.578. The molecule has 116 valence electrons. The number of nitrogens with one attached hydrogen (secondary N) is 2. The van der Waals surface area contributed by atoms with Crippen molar-refractivity contribution >= 4 is 11.8 Å². The number of benzene rings is 1. The average Bonchev–Trinajstić information content (AvgIpc) is 2.44. The Balaban J connectivity index is 2.37. The van der Waals surface area contributed by atoms with Crippen LogP contribution in [-0.2, 0) is 20.9 Å². The van der Waals surface area contributed by atoms with Crippen molar-refractivity contribution in [2.75, 3.05) is 20.3 Å². The summed E-state index contributed by atoms with van der Waals surface area (Å²) in [6, 6.07) is 5.56. The number of amides is 2. The first-order chi connectivity index (χ1) is 9.84. The van der Waals surface area contributed by atoms with E-state index in [4.69, 9.17) is 4.74 Å². The monoisotopic (exact) mass is 298 g/mol. The van der Waals surface area contributed by atoms with Gasteiger partial charge < -0.3 is 20.5 Å². The minimum absolute atomic E-state index is 0.0322. The summed E-state index contributed by atoms with van der Waals surface area (Å²) in [7, 11) is 1.42. The molecular formula is C14H19FN2O4. The Morgan fingerprint density at radius 3 is 2.38 bits per heavy atom. The van der Waals surface area contributed by atoms with E-state index in [2.05, 4.69) is 10.6 Å². The molecule has 0 heterocycles. The highest BCUT2D eigenvalue weighted by Gasteiger charge is 2.23. The Morgan fingerprint density at radius 2 is 1.81 bits per heavy atom. The molecule has 0 saturated heterocycles. The third kappa shape index (κ3) is 6.33. The summed E-state index contributed by atoms with van der Waals surface area (Å²) in [4.78, 5) is 23.1. The maximum atomic E-state index is 12.7. The first kappa shape index (κ1) is 17.1. The van der Waals surface area contributed by atoms with Gasteiger partial charge >= 0.3 is 11.8 Å². The Labute approximate surface area is 122 Å². The van der Waals surface area contributed by atoms with Gasteiger partial charge in [0.05, 0.1) is 6.61 Å². The van der Waals surface area contributed by atoms with Gasteiger partial charge in [0.15, 0.2) is 0 Å². The molecule has 3 N–H and O–H groups in total. The smallest absolute Gasteiger partial charge is 0.309 e. The maximum absolute atomic E-state index is 12.7. The van der Waals surface area contributed by atoms with E-state index in [1.165, 1.54) is 38.3 Å². The van der Waals surface area contributed by atoms with Gasteiger partial charge in [0.1, 0.15) is 11.4 Å². The van der Waals surface area contributed by atoms with Crippen molar-refractivity contribution < 1.29 is 23.8 Å². The van der Waals surface area contributed by atoms with Crippen molar-refractivity contribution in [3.05, 3.63) is 35.6 Å². The fraction of sp³-hybridized carbons (Fsp3) is 0.429. The molecule has 1 rings (SSSR count). The quantitative estimate of drug-likeness (QED) is 0.643. The van der Waals surface area contributed by atoms with Gasteiger partial charge in [0, 0.05) is 20.2 Å². The van der Waals surface area contributed by atoms with Crippen LogP contribution >= 0.6 is 0 Å². The predicted octanol–water partition coefficient (Wildman–Crippen LogP) is -0.0445. The van der Waals surface area contributed by atoms with Gasteiger partial charge in [-0.25, -0.2) is 4.39 Å². The summed E-state index contributed by atoms with van der Waals surface area (Å²) >= 11 is 0. The molecule has 6 nitrogen and oxygen atoms in total. The number of hydrogen-bond acceptors (Lipinski definition) is 4. The minimum atomic E-state index is -1.25. The SMILES string of the molecule is COCC(C)(O)CNC(=O)C(=O)NCc1ccc(F)cc1. The lowest BCUT2D eigenvalue weighted by Crippen LogP contribution is -2.48. The third-order valence-electron chi connectivity index (χ3n) is 2.66. The molecule has 0 saturated carbocycles. The van der Waals surface area contributed by atoms with Gasteiger partial charge in [-0.3, -0.25) is 9.59 Å². The second-order valence-corrected chi connectivity index (χ2v) is 4.92. The largest absolute Gasteiger partial charge is 0.386 e. The summed E-state index contributed by atoms with van der Waals surface area (Å²) < 4.78 is 17.5. The number of carbonyl (C=O) groups is 2. The first-order valence-corrected chi connectivity index (χ1v) is 6.36. The molecule has 0 aliphatic carbocycles. The van der Waals surface area contributed by atoms with Gasteiger partial charge in [-0.15, -0.1) is 0 Å². The Hall–Kier alpha value is -1.99. The lowest BCUT2D eigenvalue weighted by molar-refractivity contribution is -0.140. The Morgan fingerprint density at radius 1 is 1.24 bits per heavy atom. The fourth-order valence-corrected chi connectivity index (χ4v) is 1.58. The summed E-state index contributed by atoms with van der Waals surface area (Å²) in [6.45, 7) is 1.52. The normalized spacial score (nSPS) is 13.3. The van der Waals surface area contributed by atoms with E-state index in [0.717, 1.165) is 0 Å². The number of methoxy groups -OCH3 is 1. The van der Waals surface area contributed by atoms with Crippen LogP contribution in [0.2, 0.25) is 0 Å². The van der Waals surface area contributed by atoms with E-state index in [9.17, 15) is 19.1 Å². The van der Waals surface area contributed by atoms with Crippen molar-refractivity contribution in [3.63, 3.8) is 0 Å². The lowest BCUT2D eigenvalue weighted by atomic mass is 10.1. The molecule has 0 aliphatic heterocycles. The topological polar surface area (TPSA) is 87.7 Å². The number of ether oxygens (including phenoxy) is 1. The molecule has 1 unspecified atom stereocenters. The second-order valence-electron chi connectivity index (χ2n) is 4.92. The highest BCUT2D eigenvalue weighted by molar-refractivity contribution is 6.35. The molecule has 0 fully saturated rings. The molecule has 0 aromatic heterocycles. The van der Waals surface area contributed by atoms with Crippen molar-refractivity contribution in [2.24, 2.45) is 0 Å². The summed E-state index contributed by atoms with van der Waals surface area (Å²) in [5, 5.41) is 14.5. The Bertz CT molecular complexity index is 488. The highest BCUT2D eigenvalue weighted by atomic mass is 19.1. The van der Waals surface area contributed by atoms with Gasteiger partial charge in [-0.2, -0.15) is 0 Å². The van der Waals surface area contributed by atoms with Crippen molar-refractivity contribution in [2.45, 2.75) is 19.1 Å². The second kappa shape index (κ2) is 7.70. The van der Waals surface area contributed by atoms with Crippen LogP contribution in [0.3, 0.4) is 0 Å². The van der Waals surface area contributed by atoms with Gasteiger partial charge in [-0.05, 0) is 24.6 Å². The molecule has 1 aromatic carbocycles. The third-order valence-corrected chi connectivity index (χ3v) is 2.66. The zero-order valence-electron chi connectivity index (χ0n) is 12.0. The standard InChI is InChI=1S/C14H19FN2O4/c1-14(20,9-21-2)8-17-13(19)12(18)16-7-10-3-5-11(15)6-4-10/h3-6,20H,7-9H2,1-2H3,(H,16,18)(H,17,19). The number of hydrogen-bond donors (Lipinski definition) is 3. The molecule has 0 aliphatic rings. The average molecular weight is 298 g/mol. The van der Waals surface area contributed by atoms with E-state index in [-0.39, 0.29) is 25.5 Å².